The van der Waals surface area contributed by atoms with Gasteiger partial charge in [-0.25, -0.2) is 0 Å². The van der Waals surface area contributed by atoms with Crippen LogP contribution in [0.1, 0.15) is 5.56 Å². The van der Waals surface area contributed by atoms with E-state index in [4.69, 9.17) is 22.1 Å². The summed E-state index contributed by atoms with van der Waals surface area (Å²) in [6.45, 7) is 0.704. The molecule has 0 bridgehead atoms. The van der Waals surface area contributed by atoms with Crippen molar-refractivity contribution in [2.75, 3.05) is 20.8 Å². The lowest BCUT2D eigenvalue weighted by molar-refractivity contribution is -0.132. The lowest BCUT2D eigenvalue weighted by Gasteiger charge is -2.21. The third-order valence-corrected chi connectivity index (χ3v) is 2.58. The first-order chi connectivity index (χ1) is 8.04. The normalized spacial score (nSPS) is 11.6. The van der Waals surface area contributed by atoms with Crippen LogP contribution in [0.15, 0.2) is 24.3 Å². The van der Waals surface area contributed by atoms with E-state index >= 15 is 0 Å². The van der Waals surface area contributed by atoms with Gasteiger partial charge >= 0.3 is 0 Å². The number of likely N-dealkylation sites (N-methyl/N-ethyl adjacent to an activating group) is 1. The van der Waals surface area contributed by atoms with Crippen molar-refractivity contribution in [3.63, 3.8) is 0 Å². The molecule has 0 aliphatic rings. The SMILES string of the molecule is COCC(N)C(=O)N(C)Cc1cccc(Cl)c1.Cl. The fourth-order valence-corrected chi connectivity index (χ4v) is 1.73. The highest BCUT2D eigenvalue weighted by Gasteiger charge is 2.17. The van der Waals surface area contributed by atoms with Crippen molar-refractivity contribution in [2.24, 2.45) is 5.73 Å². The van der Waals surface area contributed by atoms with Crippen LogP contribution in [0.25, 0.3) is 0 Å². The van der Waals surface area contributed by atoms with Gasteiger partial charge in [-0.1, -0.05) is 23.7 Å². The molecule has 1 aromatic rings. The fourth-order valence-electron chi connectivity index (χ4n) is 1.52. The van der Waals surface area contributed by atoms with Crippen LogP contribution in [0.4, 0.5) is 0 Å². The Kier molecular flexibility index (Phi) is 7.95. The van der Waals surface area contributed by atoms with Gasteiger partial charge in [0.05, 0.1) is 6.61 Å². The van der Waals surface area contributed by atoms with Gasteiger partial charge < -0.3 is 15.4 Å². The van der Waals surface area contributed by atoms with Crippen LogP contribution in [0.2, 0.25) is 5.02 Å². The van der Waals surface area contributed by atoms with E-state index in [0.717, 1.165) is 5.56 Å². The van der Waals surface area contributed by atoms with Crippen molar-refractivity contribution in [1.82, 2.24) is 4.90 Å². The quantitative estimate of drug-likeness (QED) is 0.899. The van der Waals surface area contributed by atoms with Crippen molar-refractivity contribution in [1.29, 1.82) is 0 Å². The summed E-state index contributed by atoms with van der Waals surface area (Å²) in [5.41, 5.74) is 6.64. The van der Waals surface area contributed by atoms with Gasteiger partial charge in [-0.3, -0.25) is 4.79 Å². The van der Waals surface area contributed by atoms with Crippen LogP contribution in [0.3, 0.4) is 0 Å². The van der Waals surface area contributed by atoms with Gasteiger partial charge in [-0.2, -0.15) is 0 Å². The van der Waals surface area contributed by atoms with Gasteiger partial charge in [0.25, 0.3) is 0 Å². The molecule has 6 heteroatoms. The molecule has 0 saturated carbocycles. The number of nitrogens with two attached hydrogens (primary N) is 1. The van der Waals surface area contributed by atoms with Gasteiger partial charge in [-0.05, 0) is 17.7 Å². The molecule has 1 aromatic carbocycles. The molecule has 1 unspecified atom stereocenters. The number of halogens is 2. The van der Waals surface area contributed by atoms with Crippen LogP contribution in [0, 0.1) is 0 Å². The largest absolute Gasteiger partial charge is 0.383 e. The second-order valence-electron chi connectivity index (χ2n) is 3.89. The minimum absolute atomic E-state index is 0. The molecule has 0 heterocycles. The molecular formula is C12H18Cl2N2O2. The molecule has 1 amide bonds. The average Bonchev–Trinajstić information content (AvgIpc) is 2.28. The number of carbonyl (C=O) groups excluding carboxylic acids is 1. The van der Waals surface area contributed by atoms with Crippen molar-refractivity contribution in [3.8, 4) is 0 Å². The summed E-state index contributed by atoms with van der Waals surface area (Å²) in [4.78, 5) is 13.4. The zero-order valence-electron chi connectivity index (χ0n) is 10.4. The second-order valence-corrected chi connectivity index (χ2v) is 4.32. The smallest absolute Gasteiger partial charge is 0.241 e. The molecule has 0 aliphatic heterocycles. The van der Waals surface area contributed by atoms with Gasteiger partial charge in [0, 0.05) is 25.7 Å². The van der Waals surface area contributed by atoms with Crippen LogP contribution in [-0.2, 0) is 16.1 Å². The predicted molar refractivity (Wildman–Crippen MR) is 75.0 cm³/mol. The summed E-state index contributed by atoms with van der Waals surface area (Å²) in [6.07, 6.45) is 0. The standard InChI is InChI=1S/C12H17ClN2O2.ClH/c1-15(12(16)11(14)8-17-2)7-9-4-3-5-10(13)6-9;/h3-6,11H,7-8,14H2,1-2H3;1H. The van der Waals surface area contributed by atoms with E-state index in [9.17, 15) is 4.79 Å². The van der Waals surface area contributed by atoms with Gasteiger partial charge in [0.2, 0.25) is 5.91 Å². The summed E-state index contributed by atoms with van der Waals surface area (Å²) < 4.78 is 4.85. The molecule has 4 nitrogen and oxygen atoms in total. The first-order valence-electron chi connectivity index (χ1n) is 5.28. The molecule has 0 fully saturated rings. The maximum Gasteiger partial charge on any atom is 0.241 e. The molecule has 0 radical (unpaired) electrons. The van der Waals surface area contributed by atoms with E-state index in [1.54, 1.807) is 18.0 Å². The number of amides is 1. The Morgan fingerprint density at radius 2 is 2.22 bits per heavy atom. The molecule has 18 heavy (non-hydrogen) atoms. The first-order valence-corrected chi connectivity index (χ1v) is 5.66. The Morgan fingerprint density at radius 1 is 1.56 bits per heavy atom. The zero-order valence-corrected chi connectivity index (χ0v) is 12.0. The number of nitrogens with zero attached hydrogens (tertiary/aromatic N) is 1. The summed E-state index contributed by atoms with van der Waals surface area (Å²) in [5, 5.41) is 0.657. The topological polar surface area (TPSA) is 55.6 Å². The second kappa shape index (κ2) is 8.32. The van der Waals surface area contributed by atoms with Crippen molar-refractivity contribution in [2.45, 2.75) is 12.6 Å². The highest BCUT2D eigenvalue weighted by Crippen LogP contribution is 2.12. The van der Waals surface area contributed by atoms with Crippen molar-refractivity contribution >= 4 is 29.9 Å². The third kappa shape index (κ3) is 5.23. The van der Waals surface area contributed by atoms with Crippen LogP contribution >= 0.6 is 24.0 Å². The molecule has 1 rings (SSSR count). The Balaban J connectivity index is 0.00000289. The lowest BCUT2D eigenvalue weighted by Crippen LogP contribution is -2.44. The number of hydrogen-bond acceptors (Lipinski definition) is 3. The molecule has 1 atom stereocenters. The number of methoxy groups -OCH3 is 1. The number of rotatable bonds is 5. The minimum atomic E-state index is -0.621. The monoisotopic (exact) mass is 292 g/mol. The number of benzene rings is 1. The maximum atomic E-state index is 11.8. The highest BCUT2D eigenvalue weighted by molar-refractivity contribution is 6.30. The van der Waals surface area contributed by atoms with E-state index in [1.807, 2.05) is 18.2 Å². The minimum Gasteiger partial charge on any atom is -0.383 e. The summed E-state index contributed by atoms with van der Waals surface area (Å²) in [7, 11) is 3.23. The summed E-state index contributed by atoms with van der Waals surface area (Å²) in [6, 6.07) is 6.77. The molecule has 2 N–H and O–H groups in total. The Morgan fingerprint density at radius 3 is 2.78 bits per heavy atom. The van der Waals surface area contributed by atoms with E-state index < -0.39 is 6.04 Å². The van der Waals surface area contributed by atoms with E-state index in [0.29, 0.717) is 11.6 Å². The van der Waals surface area contributed by atoms with E-state index in [1.165, 1.54) is 7.11 Å². The van der Waals surface area contributed by atoms with Crippen LogP contribution < -0.4 is 5.73 Å². The molecular weight excluding hydrogens is 275 g/mol. The molecule has 0 aromatic heterocycles. The fraction of sp³-hybridized carbons (Fsp3) is 0.417. The highest BCUT2D eigenvalue weighted by atomic mass is 35.5. The van der Waals surface area contributed by atoms with Gasteiger partial charge in [0.1, 0.15) is 6.04 Å². The number of carbonyl (C=O) groups is 1. The summed E-state index contributed by atoms with van der Waals surface area (Å²) >= 11 is 5.87. The van der Waals surface area contributed by atoms with Gasteiger partial charge in [0.15, 0.2) is 0 Å². The Labute approximate surface area is 118 Å². The predicted octanol–water partition coefficient (Wildman–Crippen LogP) is 1.69. The van der Waals surface area contributed by atoms with Crippen LogP contribution in [0.5, 0.6) is 0 Å². The summed E-state index contributed by atoms with van der Waals surface area (Å²) in [5.74, 6) is -0.146. The first kappa shape index (κ1) is 17.2. The Bertz CT molecular complexity index is 388. The van der Waals surface area contributed by atoms with Crippen molar-refractivity contribution in [3.05, 3.63) is 34.9 Å². The Hall–Kier alpha value is -0.810. The molecule has 0 aliphatic carbocycles. The van der Waals surface area contributed by atoms with E-state index in [-0.39, 0.29) is 24.9 Å². The van der Waals surface area contributed by atoms with Crippen molar-refractivity contribution < 1.29 is 9.53 Å². The number of hydrogen-bond donors (Lipinski definition) is 1. The number of ether oxygens (including phenoxy) is 1. The third-order valence-electron chi connectivity index (χ3n) is 2.35. The maximum absolute atomic E-state index is 11.8. The molecule has 0 saturated heterocycles. The van der Waals surface area contributed by atoms with E-state index in [2.05, 4.69) is 0 Å². The van der Waals surface area contributed by atoms with Crippen LogP contribution in [-0.4, -0.2) is 37.6 Å². The molecule has 102 valence electrons. The lowest BCUT2D eigenvalue weighted by atomic mass is 10.2. The van der Waals surface area contributed by atoms with Gasteiger partial charge in [-0.15, -0.1) is 12.4 Å². The molecule has 0 spiro atoms. The average molecular weight is 293 g/mol. The zero-order chi connectivity index (χ0) is 12.8.